The van der Waals surface area contributed by atoms with Crippen molar-refractivity contribution >= 4 is 28.5 Å². The number of cyclic esters (lactones) is 1. The summed E-state index contributed by atoms with van der Waals surface area (Å²) in [5, 5.41) is 24.3. The van der Waals surface area contributed by atoms with E-state index in [1.807, 2.05) is 0 Å². The molecule has 0 saturated carbocycles. The highest BCUT2D eigenvalue weighted by Gasteiger charge is 2.45. The molecule has 158 valence electrons. The van der Waals surface area contributed by atoms with E-state index in [-0.39, 0.29) is 53.6 Å². The minimum absolute atomic E-state index is 0.0685. The van der Waals surface area contributed by atoms with Crippen LogP contribution < -0.4 is 10.9 Å². The minimum atomic E-state index is -1.88. The lowest BCUT2D eigenvalue weighted by molar-refractivity contribution is -0.172. The predicted molar refractivity (Wildman–Crippen MR) is 110 cm³/mol. The molecule has 31 heavy (non-hydrogen) atoms. The molecule has 3 N–H and O–H groups in total. The van der Waals surface area contributed by atoms with Crippen LogP contribution in [0.5, 0.6) is 5.75 Å². The lowest BCUT2D eigenvalue weighted by Gasteiger charge is -2.31. The minimum Gasteiger partial charge on any atom is -0.506 e. The maximum absolute atomic E-state index is 13.2. The summed E-state index contributed by atoms with van der Waals surface area (Å²) < 4.78 is 6.60. The maximum atomic E-state index is 13.2. The van der Waals surface area contributed by atoms with Gasteiger partial charge in [0.15, 0.2) is 5.60 Å². The number of benzene rings is 1. The molecule has 1 unspecified atom stereocenters. The third kappa shape index (κ3) is 2.59. The fourth-order valence-electron chi connectivity index (χ4n) is 4.35. The van der Waals surface area contributed by atoms with E-state index in [1.165, 1.54) is 17.6 Å². The second-order valence-electron chi connectivity index (χ2n) is 7.81. The molecule has 4 heterocycles. The zero-order chi connectivity index (χ0) is 22.1. The summed E-state index contributed by atoms with van der Waals surface area (Å²) in [7, 11) is 0. The number of fused-ring (bicyclic) bond motifs is 5. The number of pyridine rings is 2. The van der Waals surface area contributed by atoms with Gasteiger partial charge in [0.1, 0.15) is 12.4 Å². The summed E-state index contributed by atoms with van der Waals surface area (Å²) in [4.78, 5) is 41.7. The number of aromatic nitrogens is 2. The van der Waals surface area contributed by atoms with E-state index in [2.05, 4.69) is 10.3 Å². The molecule has 2 aliphatic rings. The number of rotatable bonds is 2. The van der Waals surface area contributed by atoms with Gasteiger partial charge in [-0.1, -0.05) is 6.92 Å². The van der Waals surface area contributed by atoms with Gasteiger partial charge in [0.25, 0.3) is 5.56 Å². The van der Waals surface area contributed by atoms with E-state index in [4.69, 9.17) is 4.74 Å². The number of carbonyl (C=O) groups is 2. The number of hydrogen-bond donors (Lipinski definition) is 3. The van der Waals surface area contributed by atoms with Gasteiger partial charge in [-0.2, -0.15) is 0 Å². The lowest BCUT2D eigenvalue weighted by atomic mass is 9.86. The number of anilines is 1. The number of aliphatic hydroxyl groups is 1. The van der Waals surface area contributed by atoms with Crippen molar-refractivity contribution in [1.29, 1.82) is 0 Å². The highest BCUT2D eigenvalue weighted by atomic mass is 16.6. The molecule has 0 bridgehead atoms. The van der Waals surface area contributed by atoms with Crippen LogP contribution in [0.25, 0.3) is 22.3 Å². The van der Waals surface area contributed by atoms with Crippen LogP contribution in [-0.4, -0.2) is 31.6 Å². The van der Waals surface area contributed by atoms with Crippen molar-refractivity contribution in [3.05, 3.63) is 51.3 Å². The smallest absolute Gasteiger partial charge is 0.343 e. The highest BCUT2D eigenvalue weighted by Crippen LogP contribution is 2.40. The Morgan fingerprint density at radius 3 is 2.81 bits per heavy atom. The Morgan fingerprint density at radius 2 is 2.10 bits per heavy atom. The van der Waals surface area contributed by atoms with E-state index >= 15 is 0 Å². The van der Waals surface area contributed by atoms with Crippen molar-refractivity contribution < 1.29 is 24.5 Å². The number of hydrogen-bond acceptors (Lipinski definition) is 7. The number of phenolic OH excluding ortho intramolecular Hbond substituents is 1. The molecule has 9 nitrogen and oxygen atoms in total. The molecular weight excluding hydrogens is 402 g/mol. The second kappa shape index (κ2) is 6.39. The summed E-state index contributed by atoms with van der Waals surface area (Å²) in [6, 6.07) is 6.48. The molecule has 0 radical (unpaired) electrons. The van der Waals surface area contributed by atoms with Gasteiger partial charge in [-0.3, -0.25) is 9.59 Å². The number of nitrogens with zero attached hydrogens (tertiary/aromatic N) is 2. The van der Waals surface area contributed by atoms with Crippen molar-refractivity contribution in [2.75, 3.05) is 5.32 Å². The maximum Gasteiger partial charge on any atom is 0.343 e. The molecule has 0 fully saturated rings. The summed E-state index contributed by atoms with van der Waals surface area (Å²) in [5.74, 6) is -1.19. The van der Waals surface area contributed by atoms with E-state index < -0.39 is 11.6 Å². The third-order valence-corrected chi connectivity index (χ3v) is 5.97. The molecule has 1 atom stereocenters. The SMILES string of the molecule is CCC1(O)C(=O)OCc2c1cc1n(c2=O)Cc2cc3c(NC(C)=O)c(O)ccc3nc2-1. The van der Waals surface area contributed by atoms with Gasteiger partial charge >= 0.3 is 5.97 Å². The third-order valence-electron chi connectivity index (χ3n) is 5.97. The Labute approximate surface area is 175 Å². The van der Waals surface area contributed by atoms with Gasteiger partial charge < -0.3 is 24.8 Å². The number of carbonyl (C=O) groups excluding carboxylic acids is 2. The normalized spacial score (nSPS) is 18.9. The highest BCUT2D eigenvalue weighted by molar-refractivity contribution is 6.03. The molecule has 1 amide bonds. The van der Waals surface area contributed by atoms with Crippen molar-refractivity contribution in [2.24, 2.45) is 0 Å². The molecule has 2 aliphatic heterocycles. The first-order chi connectivity index (χ1) is 14.7. The van der Waals surface area contributed by atoms with Gasteiger partial charge in [0.05, 0.1) is 34.7 Å². The van der Waals surface area contributed by atoms with Crippen LogP contribution in [0.4, 0.5) is 5.69 Å². The van der Waals surface area contributed by atoms with Crippen LogP contribution in [-0.2, 0) is 33.1 Å². The van der Waals surface area contributed by atoms with Crippen LogP contribution in [0.1, 0.15) is 37.0 Å². The molecule has 0 aliphatic carbocycles. The molecular formula is C22H19N3O6. The van der Waals surface area contributed by atoms with Crippen LogP contribution in [0.3, 0.4) is 0 Å². The second-order valence-corrected chi connectivity index (χ2v) is 7.81. The first kappa shape index (κ1) is 19.3. The summed E-state index contributed by atoms with van der Waals surface area (Å²) >= 11 is 0. The molecule has 1 aromatic carbocycles. The molecule has 5 rings (SSSR count). The monoisotopic (exact) mass is 421 g/mol. The fourth-order valence-corrected chi connectivity index (χ4v) is 4.35. The molecule has 2 aromatic heterocycles. The van der Waals surface area contributed by atoms with Gasteiger partial charge in [-0.15, -0.1) is 0 Å². The van der Waals surface area contributed by atoms with Gasteiger partial charge in [0.2, 0.25) is 5.91 Å². The Balaban J connectivity index is 1.76. The summed E-state index contributed by atoms with van der Waals surface area (Å²) in [6.07, 6.45) is 0.0685. The number of phenols is 1. The molecule has 0 spiro atoms. The molecule has 0 saturated heterocycles. The van der Waals surface area contributed by atoms with E-state index in [9.17, 15) is 24.6 Å². The summed E-state index contributed by atoms with van der Waals surface area (Å²) in [6.45, 7) is 3.03. The topological polar surface area (TPSA) is 131 Å². The van der Waals surface area contributed by atoms with Crippen LogP contribution in [0, 0.1) is 0 Å². The van der Waals surface area contributed by atoms with Gasteiger partial charge in [-0.25, -0.2) is 9.78 Å². The van der Waals surface area contributed by atoms with Crippen molar-refractivity contribution in [3.63, 3.8) is 0 Å². The number of ether oxygens (including phenoxy) is 1. The molecule has 9 heteroatoms. The fraction of sp³-hybridized carbons (Fsp3) is 0.273. The largest absolute Gasteiger partial charge is 0.506 e. The Morgan fingerprint density at radius 1 is 1.32 bits per heavy atom. The van der Waals surface area contributed by atoms with Gasteiger partial charge in [-0.05, 0) is 30.7 Å². The van der Waals surface area contributed by atoms with Crippen LogP contribution in [0.15, 0.2) is 29.1 Å². The standard InChI is InChI=1S/C22H19N3O6/c1-3-22(30)14-7-16-18-11(8-25(16)20(28)13(14)9-31-21(22)29)6-12-15(24-18)4-5-17(27)19(12)23-10(2)26/h4-7,27,30H,3,8-9H2,1-2H3,(H,23,26). The van der Waals surface area contributed by atoms with E-state index in [0.717, 1.165) is 5.56 Å². The van der Waals surface area contributed by atoms with Crippen molar-refractivity contribution in [3.8, 4) is 17.1 Å². The zero-order valence-electron chi connectivity index (χ0n) is 16.9. The van der Waals surface area contributed by atoms with Crippen LogP contribution >= 0.6 is 0 Å². The Hall–Kier alpha value is -3.72. The summed E-state index contributed by atoms with van der Waals surface area (Å²) in [5.41, 5.74) is 0.803. The van der Waals surface area contributed by atoms with Crippen molar-refractivity contribution in [1.82, 2.24) is 9.55 Å². The van der Waals surface area contributed by atoms with E-state index in [0.29, 0.717) is 22.3 Å². The van der Waals surface area contributed by atoms with E-state index in [1.54, 1.807) is 25.1 Å². The number of nitrogens with one attached hydrogen (secondary N) is 1. The Kier molecular flexibility index (Phi) is 3.97. The first-order valence-corrected chi connectivity index (χ1v) is 9.85. The average Bonchev–Trinajstić information content (AvgIpc) is 3.10. The van der Waals surface area contributed by atoms with Gasteiger partial charge in [0, 0.05) is 23.4 Å². The quantitative estimate of drug-likeness (QED) is 0.332. The first-order valence-electron chi connectivity index (χ1n) is 9.85. The van der Waals surface area contributed by atoms with Crippen LogP contribution in [0.2, 0.25) is 0 Å². The Bertz CT molecular complexity index is 1380. The number of aromatic hydroxyl groups is 1. The van der Waals surface area contributed by atoms with Crippen molar-refractivity contribution in [2.45, 2.75) is 39.0 Å². The molecule has 3 aromatic rings. The average molecular weight is 421 g/mol. The lowest BCUT2D eigenvalue weighted by Crippen LogP contribution is -2.44. The zero-order valence-corrected chi connectivity index (χ0v) is 16.9. The number of esters is 1. The predicted octanol–water partition coefficient (Wildman–Crippen LogP) is 1.74. The number of amides is 1.